The van der Waals surface area contributed by atoms with Gasteiger partial charge in [0.2, 0.25) is 5.91 Å². The Hall–Kier alpha value is -1.64. The topological polar surface area (TPSA) is 95.6 Å². The van der Waals surface area contributed by atoms with Crippen LogP contribution in [0.5, 0.6) is 0 Å². The van der Waals surface area contributed by atoms with E-state index in [-0.39, 0.29) is 32.7 Å². The number of benzene rings is 1. The standard InChI is InChI=1S/C16H20ClN3O4S/c1-20(2)15(22)10-3-4-12(17)13(5-10)25(23,24)19-14(21)11-6-16(7-11)8-18-9-16/h3-5,11,18H,6-9H2,1-2H3,(H,19,21). The molecule has 0 unspecified atom stereocenters. The summed E-state index contributed by atoms with van der Waals surface area (Å²) in [5.74, 6) is -1.17. The van der Waals surface area contributed by atoms with Crippen molar-refractivity contribution in [1.82, 2.24) is 14.9 Å². The molecule has 2 N–H and O–H groups in total. The number of carbonyl (C=O) groups is 2. The smallest absolute Gasteiger partial charge is 0.265 e. The van der Waals surface area contributed by atoms with Crippen LogP contribution in [0.15, 0.2) is 23.1 Å². The SMILES string of the molecule is CN(C)C(=O)c1ccc(Cl)c(S(=O)(=O)NC(=O)C2CC3(CNC3)C2)c1. The fourth-order valence-corrected chi connectivity index (χ4v) is 4.88. The normalized spacial score (nSPS) is 19.0. The summed E-state index contributed by atoms with van der Waals surface area (Å²) in [4.78, 5) is 25.3. The Labute approximate surface area is 151 Å². The van der Waals surface area contributed by atoms with Crippen LogP contribution in [0.4, 0.5) is 0 Å². The van der Waals surface area contributed by atoms with Gasteiger partial charge in [0.1, 0.15) is 4.90 Å². The average Bonchev–Trinajstić information content (AvgIpc) is 2.43. The number of hydrogen-bond acceptors (Lipinski definition) is 5. The van der Waals surface area contributed by atoms with E-state index in [9.17, 15) is 18.0 Å². The Morgan fingerprint density at radius 2 is 1.92 bits per heavy atom. The third-order valence-electron chi connectivity index (χ3n) is 4.84. The summed E-state index contributed by atoms with van der Waals surface area (Å²) in [5, 5.41) is 3.13. The maximum Gasteiger partial charge on any atom is 0.265 e. The second-order valence-electron chi connectivity index (χ2n) is 7.02. The number of rotatable bonds is 4. The molecule has 7 nitrogen and oxygen atoms in total. The number of sulfonamides is 1. The maximum absolute atomic E-state index is 12.5. The summed E-state index contributed by atoms with van der Waals surface area (Å²) in [5.41, 5.74) is 0.354. The summed E-state index contributed by atoms with van der Waals surface area (Å²) in [6.07, 6.45) is 1.38. The number of carbonyl (C=O) groups excluding carboxylic acids is 2. The molecule has 2 amide bonds. The summed E-state index contributed by atoms with van der Waals surface area (Å²) in [6, 6.07) is 3.99. The third kappa shape index (κ3) is 3.38. The molecule has 25 heavy (non-hydrogen) atoms. The number of nitrogens with zero attached hydrogens (tertiary/aromatic N) is 1. The van der Waals surface area contributed by atoms with Crippen molar-refractivity contribution in [1.29, 1.82) is 0 Å². The molecule has 1 aliphatic carbocycles. The van der Waals surface area contributed by atoms with Crippen LogP contribution in [-0.4, -0.2) is 52.3 Å². The Bertz CT molecular complexity index is 826. The summed E-state index contributed by atoms with van der Waals surface area (Å²) < 4.78 is 27.2. The minimum atomic E-state index is -4.14. The lowest BCUT2D eigenvalue weighted by Crippen LogP contribution is -2.62. The van der Waals surface area contributed by atoms with Gasteiger partial charge in [0.05, 0.1) is 5.02 Å². The van der Waals surface area contributed by atoms with Crippen LogP contribution in [0.1, 0.15) is 23.2 Å². The van der Waals surface area contributed by atoms with Gasteiger partial charge in [0, 0.05) is 38.7 Å². The lowest BCUT2D eigenvalue weighted by atomic mass is 9.58. The van der Waals surface area contributed by atoms with Crippen molar-refractivity contribution in [3.63, 3.8) is 0 Å². The number of amides is 2. The fourth-order valence-electron chi connectivity index (χ4n) is 3.31. The molecule has 1 saturated carbocycles. The van der Waals surface area contributed by atoms with Crippen LogP contribution in [0.2, 0.25) is 5.02 Å². The van der Waals surface area contributed by atoms with Gasteiger partial charge in [-0.3, -0.25) is 9.59 Å². The van der Waals surface area contributed by atoms with Crippen LogP contribution >= 0.6 is 11.6 Å². The first-order valence-electron chi connectivity index (χ1n) is 7.92. The molecule has 1 aromatic carbocycles. The molecule has 1 spiro atoms. The quantitative estimate of drug-likeness (QED) is 0.801. The van der Waals surface area contributed by atoms with Gasteiger partial charge in [-0.2, -0.15) is 0 Å². The van der Waals surface area contributed by atoms with Gasteiger partial charge in [-0.15, -0.1) is 0 Å². The molecule has 9 heteroatoms. The largest absolute Gasteiger partial charge is 0.345 e. The number of halogens is 1. The highest BCUT2D eigenvalue weighted by molar-refractivity contribution is 7.90. The van der Waals surface area contributed by atoms with E-state index in [1.165, 1.54) is 23.1 Å². The molecule has 1 heterocycles. The zero-order valence-corrected chi connectivity index (χ0v) is 15.6. The molecule has 1 aromatic rings. The van der Waals surface area contributed by atoms with Gasteiger partial charge < -0.3 is 10.2 Å². The molecule has 0 bridgehead atoms. The van der Waals surface area contributed by atoms with E-state index in [0.717, 1.165) is 13.1 Å². The highest BCUT2D eigenvalue weighted by Crippen LogP contribution is 2.48. The molecule has 3 rings (SSSR count). The van der Waals surface area contributed by atoms with Gasteiger partial charge >= 0.3 is 0 Å². The first-order valence-corrected chi connectivity index (χ1v) is 9.78. The monoisotopic (exact) mass is 385 g/mol. The Morgan fingerprint density at radius 1 is 1.28 bits per heavy atom. The van der Waals surface area contributed by atoms with E-state index in [1.54, 1.807) is 14.1 Å². The van der Waals surface area contributed by atoms with E-state index in [1.807, 2.05) is 0 Å². The van der Waals surface area contributed by atoms with E-state index in [0.29, 0.717) is 12.8 Å². The Balaban J connectivity index is 1.76. The van der Waals surface area contributed by atoms with Crippen LogP contribution in [-0.2, 0) is 14.8 Å². The maximum atomic E-state index is 12.5. The molecule has 0 radical (unpaired) electrons. The fraction of sp³-hybridized carbons (Fsp3) is 0.500. The highest BCUT2D eigenvalue weighted by Gasteiger charge is 2.51. The minimum absolute atomic E-state index is 0.0381. The van der Waals surface area contributed by atoms with Crippen molar-refractivity contribution in [3.05, 3.63) is 28.8 Å². The average molecular weight is 386 g/mol. The Kier molecular flexibility index (Phi) is 4.55. The zero-order chi connectivity index (χ0) is 18.4. The Morgan fingerprint density at radius 3 is 2.44 bits per heavy atom. The van der Waals surface area contributed by atoms with Crippen molar-refractivity contribution < 1.29 is 18.0 Å². The van der Waals surface area contributed by atoms with Gasteiger partial charge in [-0.1, -0.05) is 11.6 Å². The van der Waals surface area contributed by atoms with Crippen LogP contribution < -0.4 is 10.0 Å². The molecule has 0 aromatic heterocycles. The van der Waals surface area contributed by atoms with Crippen LogP contribution in [0, 0.1) is 11.3 Å². The molecule has 2 aliphatic rings. The number of nitrogens with one attached hydrogen (secondary N) is 2. The van der Waals surface area contributed by atoms with Gasteiger partial charge in [-0.05, 0) is 36.5 Å². The van der Waals surface area contributed by atoms with Gasteiger partial charge in [-0.25, -0.2) is 13.1 Å². The predicted molar refractivity (Wildman–Crippen MR) is 92.8 cm³/mol. The van der Waals surface area contributed by atoms with Crippen molar-refractivity contribution in [3.8, 4) is 0 Å². The molecule has 136 valence electrons. The molecule has 1 aliphatic heterocycles. The van der Waals surface area contributed by atoms with Crippen molar-refractivity contribution in [2.24, 2.45) is 11.3 Å². The van der Waals surface area contributed by atoms with E-state index >= 15 is 0 Å². The molecular formula is C16H20ClN3O4S. The lowest BCUT2D eigenvalue weighted by Gasteiger charge is -2.53. The molecular weight excluding hydrogens is 366 g/mol. The third-order valence-corrected chi connectivity index (χ3v) is 6.67. The zero-order valence-electron chi connectivity index (χ0n) is 14.0. The lowest BCUT2D eigenvalue weighted by molar-refractivity contribution is -0.132. The van der Waals surface area contributed by atoms with Gasteiger partial charge in [0.25, 0.3) is 15.9 Å². The minimum Gasteiger partial charge on any atom is -0.345 e. The summed E-state index contributed by atoms with van der Waals surface area (Å²) in [6.45, 7) is 1.76. The second-order valence-corrected chi connectivity index (χ2v) is 9.08. The number of hydrogen-bond donors (Lipinski definition) is 2. The predicted octanol–water partition coefficient (Wildman–Crippen LogP) is 0.846. The first-order chi connectivity index (χ1) is 11.6. The summed E-state index contributed by atoms with van der Waals surface area (Å²) >= 11 is 5.99. The molecule has 2 fully saturated rings. The van der Waals surface area contributed by atoms with Crippen LogP contribution in [0.3, 0.4) is 0 Å². The highest BCUT2D eigenvalue weighted by atomic mass is 35.5. The van der Waals surface area contributed by atoms with Crippen LogP contribution in [0.25, 0.3) is 0 Å². The van der Waals surface area contributed by atoms with E-state index < -0.39 is 15.9 Å². The van der Waals surface area contributed by atoms with Crippen molar-refractivity contribution in [2.75, 3.05) is 27.2 Å². The van der Waals surface area contributed by atoms with Crippen molar-refractivity contribution in [2.45, 2.75) is 17.7 Å². The van der Waals surface area contributed by atoms with E-state index in [2.05, 4.69) is 10.0 Å². The molecule has 0 atom stereocenters. The van der Waals surface area contributed by atoms with E-state index in [4.69, 9.17) is 11.6 Å². The molecule has 1 saturated heterocycles. The second kappa shape index (κ2) is 6.26. The first kappa shape index (κ1) is 18.2. The van der Waals surface area contributed by atoms with Gasteiger partial charge in [0.15, 0.2) is 0 Å². The summed E-state index contributed by atoms with van der Waals surface area (Å²) in [7, 11) is -1.01. The van der Waals surface area contributed by atoms with Crippen molar-refractivity contribution >= 4 is 33.4 Å².